The fourth-order valence-electron chi connectivity index (χ4n) is 3.20. The Morgan fingerprint density at radius 2 is 1.36 bits per heavy atom. The van der Waals surface area contributed by atoms with Crippen LogP contribution in [0.25, 0.3) is 0 Å². The minimum Gasteiger partial charge on any atom is -0.276 e. The number of anilines is 3. The first kappa shape index (κ1) is 15.7. The number of halogens is 1. The minimum atomic E-state index is -0.389. The molecule has 0 saturated heterocycles. The van der Waals surface area contributed by atoms with Gasteiger partial charge >= 0.3 is 6.03 Å². The minimum absolute atomic E-state index is 0.151. The monoisotopic (exact) mass is 348 g/mol. The topological polar surface area (TPSA) is 23.6 Å². The maximum absolute atomic E-state index is 13.5. The van der Waals surface area contributed by atoms with Gasteiger partial charge in [0.05, 0.1) is 17.1 Å². The number of urea groups is 1. The second-order valence-electron chi connectivity index (χ2n) is 5.93. The summed E-state index contributed by atoms with van der Waals surface area (Å²) < 4.78 is 0. The van der Waals surface area contributed by atoms with Gasteiger partial charge in [-0.1, -0.05) is 66.2 Å². The fraction of sp³-hybridized carbons (Fsp3) is 0.0952. The number of fused-ring (bicyclic) bond motifs is 1. The van der Waals surface area contributed by atoms with Gasteiger partial charge in [-0.2, -0.15) is 0 Å². The fourth-order valence-corrected chi connectivity index (χ4v) is 3.55. The highest BCUT2D eigenvalue weighted by Crippen LogP contribution is 2.37. The molecule has 0 radical (unpaired) electrons. The first-order chi connectivity index (χ1) is 12.3. The van der Waals surface area contributed by atoms with Crippen LogP contribution in [-0.4, -0.2) is 11.5 Å². The van der Waals surface area contributed by atoms with E-state index in [1.54, 1.807) is 9.80 Å². The highest BCUT2D eigenvalue weighted by Gasteiger charge is 2.35. The Hall–Kier alpha value is -2.78. The van der Waals surface area contributed by atoms with Crippen LogP contribution < -0.4 is 9.80 Å². The third kappa shape index (κ3) is 2.87. The molecular weight excluding hydrogens is 332 g/mol. The van der Waals surface area contributed by atoms with Crippen molar-refractivity contribution in [2.75, 3.05) is 9.80 Å². The summed E-state index contributed by atoms with van der Waals surface area (Å²) in [6, 6.07) is 27.0. The van der Waals surface area contributed by atoms with Crippen LogP contribution in [0.15, 0.2) is 84.9 Å². The molecule has 0 fully saturated rings. The van der Waals surface area contributed by atoms with Crippen LogP contribution in [0, 0.1) is 0 Å². The Kier molecular flexibility index (Phi) is 4.16. The maximum Gasteiger partial charge on any atom is 0.334 e. The standard InChI is InChI=1S/C21H17ClN2O/c22-20-15-16-9-7-8-14-19(16)24(20)21(25)23(17-10-3-1-4-11-17)18-12-5-2-6-13-18/h1-14,20H,15H2. The molecule has 3 aromatic rings. The van der Waals surface area contributed by atoms with E-state index in [1.807, 2.05) is 84.9 Å². The molecule has 3 aromatic carbocycles. The van der Waals surface area contributed by atoms with Gasteiger partial charge in [-0.15, -0.1) is 0 Å². The van der Waals surface area contributed by atoms with Gasteiger partial charge in [-0.25, -0.2) is 4.79 Å². The zero-order valence-electron chi connectivity index (χ0n) is 13.5. The second kappa shape index (κ2) is 6.61. The normalized spacial score (nSPS) is 15.7. The van der Waals surface area contributed by atoms with Crippen LogP contribution in [0.5, 0.6) is 0 Å². The molecule has 1 atom stereocenters. The van der Waals surface area contributed by atoms with Gasteiger partial charge < -0.3 is 0 Å². The van der Waals surface area contributed by atoms with Crippen molar-refractivity contribution in [1.82, 2.24) is 0 Å². The Bertz CT molecular complexity index is 843. The number of nitrogens with zero attached hydrogens (tertiary/aromatic N) is 2. The lowest BCUT2D eigenvalue weighted by Gasteiger charge is -2.30. The number of carbonyl (C=O) groups excluding carboxylic acids is 1. The van der Waals surface area contributed by atoms with Crippen LogP contribution in [0.2, 0.25) is 0 Å². The molecule has 0 bridgehead atoms. The molecule has 3 nitrogen and oxygen atoms in total. The largest absolute Gasteiger partial charge is 0.334 e. The summed E-state index contributed by atoms with van der Waals surface area (Å²) in [6.07, 6.45) is 0.654. The van der Waals surface area contributed by atoms with Crippen molar-refractivity contribution >= 4 is 34.7 Å². The summed E-state index contributed by atoms with van der Waals surface area (Å²) in [4.78, 5) is 16.9. The molecule has 1 unspecified atom stereocenters. The van der Waals surface area contributed by atoms with Crippen molar-refractivity contribution in [3.63, 3.8) is 0 Å². The van der Waals surface area contributed by atoms with E-state index in [-0.39, 0.29) is 11.5 Å². The first-order valence-electron chi connectivity index (χ1n) is 8.21. The van der Waals surface area contributed by atoms with Gasteiger partial charge in [-0.05, 0) is 35.9 Å². The van der Waals surface area contributed by atoms with Crippen molar-refractivity contribution in [2.24, 2.45) is 0 Å². The first-order valence-corrected chi connectivity index (χ1v) is 8.65. The van der Waals surface area contributed by atoms with E-state index in [1.165, 1.54) is 0 Å². The Labute approximate surface area is 152 Å². The zero-order valence-corrected chi connectivity index (χ0v) is 14.3. The number of hydrogen-bond acceptors (Lipinski definition) is 1. The quantitative estimate of drug-likeness (QED) is 0.438. The van der Waals surface area contributed by atoms with Crippen LogP contribution in [-0.2, 0) is 6.42 Å². The van der Waals surface area contributed by atoms with Crippen molar-refractivity contribution < 1.29 is 4.79 Å². The number of amides is 2. The highest BCUT2D eigenvalue weighted by atomic mass is 35.5. The van der Waals surface area contributed by atoms with Crippen molar-refractivity contribution in [1.29, 1.82) is 0 Å². The molecule has 1 aliphatic rings. The van der Waals surface area contributed by atoms with Gasteiger partial charge in [0.2, 0.25) is 0 Å². The third-order valence-corrected chi connectivity index (χ3v) is 4.70. The third-order valence-electron chi connectivity index (χ3n) is 4.35. The van der Waals surface area contributed by atoms with Crippen LogP contribution in [0.3, 0.4) is 0 Å². The molecule has 1 heterocycles. The molecule has 124 valence electrons. The predicted octanol–water partition coefficient (Wildman–Crippen LogP) is 5.57. The SMILES string of the molecule is O=C(N(c1ccccc1)c1ccccc1)N1c2ccccc2CC1Cl. The number of benzene rings is 3. The average Bonchev–Trinajstić information content (AvgIpc) is 2.99. The summed E-state index contributed by atoms with van der Waals surface area (Å²) in [5, 5.41) is 0. The number of rotatable bonds is 2. The van der Waals surface area contributed by atoms with Crippen LogP contribution in [0.4, 0.5) is 21.9 Å². The molecule has 1 aliphatic heterocycles. The lowest BCUT2D eigenvalue weighted by atomic mass is 10.2. The molecule has 4 rings (SSSR count). The average molecular weight is 349 g/mol. The highest BCUT2D eigenvalue weighted by molar-refractivity contribution is 6.27. The van der Waals surface area contributed by atoms with Crippen molar-refractivity contribution in [3.8, 4) is 0 Å². The summed E-state index contributed by atoms with van der Waals surface area (Å²) in [6.45, 7) is 0. The molecule has 4 heteroatoms. The van der Waals surface area contributed by atoms with Gasteiger partial charge in [0.25, 0.3) is 0 Å². The summed E-state index contributed by atoms with van der Waals surface area (Å²) in [7, 11) is 0. The smallest absolute Gasteiger partial charge is 0.276 e. The van der Waals surface area contributed by atoms with E-state index >= 15 is 0 Å². The Morgan fingerprint density at radius 1 is 0.840 bits per heavy atom. The van der Waals surface area contributed by atoms with E-state index in [4.69, 9.17) is 11.6 Å². The van der Waals surface area contributed by atoms with Gasteiger partial charge in [-0.3, -0.25) is 9.80 Å². The van der Waals surface area contributed by atoms with Crippen LogP contribution >= 0.6 is 11.6 Å². The van der Waals surface area contributed by atoms with Gasteiger partial charge in [0.1, 0.15) is 5.50 Å². The lowest BCUT2D eigenvalue weighted by Crippen LogP contribution is -2.43. The van der Waals surface area contributed by atoms with Crippen LogP contribution in [0.1, 0.15) is 5.56 Å². The van der Waals surface area contributed by atoms with Gasteiger partial charge in [0.15, 0.2) is 0 Å². The number of alkyl halides is 1. The van der Waals surface area contributed by atoms with E-state index in [2.05, 4.69) is 0 Å². The van der Waals surface area contributed by atoms with Crippen molar-refractivity contribution in [3.05, 3.63) is 90.5 Å². The molecule has 0 saturated carbocycles. The molecule has 2 amide bonds. The van der Waals surface area contributed by atoms with E-state index < -0.39 is 0 Å². The Morgan fingerprint density at radius 3 is 1.96 bits per heavy atom. The molecule has 0 N–H and O–H groups in total. The number of para-hydroxylation sites is 3. The van der Waals surface area contributed by atoms with Crippen molar-refractivity contribution in [2.45, 2.75) is 11.9 Å². The molecule has 25 heavy (non-hydrogen) atoms. The summed E-state index contributed by atoms with van der Waals surface area (Å²) in [5.74, 6) is 0. The lowest BCUT2D eigenvalue weighted by molar-refractivity contribution is 0.253. The Balaban J connectivity index is 1.79. The predicted molar refractivity (Wildman–Crippen MR) is 103 cm³/mol. The number of hydrogen-bond donors (Lipinski definition) is 0. The second-order valence-corrected chi connectivity index (χ2v) is 6.43. The molecular formula is C21H17ClN2O. The molecule has 0 aromatic heterocycles. The molecule has 0 aliphatic carbocycles. The van der Waals surface area contributed by atoms with E-state index in [0.29, 0.717) is 6.42 Å². The molecule has 0 spiro atoms. The zero-order chi connectivity index (χ0) is 17.2. The maximum atomic E-state index is 13.5. The summed E-state index contributed by atoms with van der Waals surface area (Å²) >= 11 is 6.54. The van der Waals surface area contributed by atoms with E-state index in [0.717, 1.165) is 22.6 Å². The van der Waals surface area contributed by atoms with Gasteiger partial charge in [0, 0.05) is 6.42 Å². The number of carbonyl (C=O) groups is 1. The summed E-state index contributed by atoms with van der Waals surface area (Å²) in [5.41, 5.74) is 3.21. The van der Waals surface area contributed by atoms with E-state index in [9.17, 15) is 4.79 Å².